The molecule has 0 spiro atoms. The largest absolute Gasteiger partial charge is 0.439 e. The molecule has 1 N–H and O–H groups in total. The number of ether oxygens (including phenoxy) is 4. The van der Waals surface area contributed by atoms with Crippen molar-refractivity contribution in [2.24, 2.45) is 5.41 Å². The molecular weight excluding hydrogens is 364 g/mol. The van der Waals surface area contributed by atoms with Gasteiger partial charge in [0.25, 0.3) is 5.79 Å². The Morgan fingerprint density at radius 3 is 2.30 bits per heavy atom. The molecular formula is C18H29F2NO6. The molecule has 9 heteroatoms. The van der Waals surface area contributed by atoms with E-state index in [0.717, 1.165) is 0 Å². The van der Waals surface area contributed by atoms with Crippen LogP contribution < -0.4 is 0 Å². The smallest absolute Gasteiger partial charge is 0.410 e. The Hall–Kier alpha value is -1.03. The summed E-state index contributed by atoms with van der Waals surface area (Å²) < 4.78 is 52.7. The highest BCUT2D eigenvalue weighted by Gasteiger charge is 2.78. The Balaban J connectivity index is 1.98. The number of carbonyl (C=O) groups is 1. The van der Waals surface area contributed by atoms with E-state index in [1.54, 1.807) is 41.5 Å². The molecule has 3 fully saturated rings. The number of hydrogen-bond acceptors (Lipinski definition) is 6. The van der Waals surface area contributed by atoms with Gasteiger partial charge in [0.2, 0.25) is 0 Å². The van der Waals surface area contributed by atoms with Crippen LogP contribution in [-0.4, -0.2) is 71.1 Å². The molecule has 0 aliphatic carbocycles. The molecule has 3 aliphatic rings. The van der Waals surface area contributed by atoms with Crippen molar-refractivity contribution in [3.8, 4) is 0 Å². The third-order valence-electron chi connectivity index (χ3n) is 5.69. The molecule has 3 aliphatic heterocycles. The Morgan fingerprint density at radius 1 is 1.15 bits per heavy atom. The summed E-state index contributed by atoms with van der Waals surface area (Å²) in [5.74, 6) is -8.07. The van der Waals surface area contributed by atoms with Crippen LogP contribution in [-0.2, 0) is 18.9 Å². The van der Waals surface area contributed by atoms with Gasteiger partial charge >= 0.3 is 12.0 Å². The van der Waals surface area contributed by atoms with Crippen molar-refractivity contribution in [2.75, 3.05) is 13.1 Å². The minimum Gasteiger partial charge on any atom is -0.439 e. The van der Waals surface area contributed by atoms with Gasteiger partial charge in [-0.2, -0.15) is 8.78 Å². The van der Waals surface area contributed by atoms with E-state index in [0.29, 0.717) is 13.1 Å². The minimum absolute atomic E-state index is 0.266. The van der Waals surface area contributed by atoms with Crippen molar-refractivity contribution in [3.05, 3.63) is 0 Å². The number of rotatable bonds is 3. The summed E-state index contributed by atoms with van der Waals surface area (Å²) in [5.41, 5.74) is -0.967. The lowest BCUT2D eigenvalue weighted by Crippen LogP contribution is -2.77. The molecule has 3 heterocycles. The molecule has 3 rings (SSSR count). The fraction of sp³-hybridized carbons (Fsp3) is 0.944. The first kappa shape index (κ1) is 20.7. The van der Waals surface area contributed by atoms with Crippen LogP contribution in [0.4, 0.5) is 13.6 Å². The molecule has 0 aromatic heterocycles. The van der Waals surface area contributed by atoms with Gasteiger partial charge in [-0.05, 0) is 34.1 Å². The number of fused-ring (bicyclic) bond motifs is 4. The van der Waals surface area contributed by atoms with E-state index >= 15 is 8.78 Å². The average molecular weight is 393 g/mol. The van der Waals surface area contributed by atoms with Crippen LogP contribution in [0.3, 0.4) is 0 Å². The van der Waals surface area contributed by atoms with Crippen LogP contribution in [0.2, 0.25) is 0 Å². The van der Waals surface area contributed by atoms with E-state index in [2.05, 4.69) is 0 Å². The van der Waals surface area contributed by atoms with Crippen molar-refractivity contribution in [1.82, 2.24) is 4.90 Å². The Labute approximate surface area is 157 Å². The van der Waals surface area contributed by atoms with E-state index in [9.17, 15) is 9.90 Å². The van der Waals surface area contributed by atoms with Crippen molar-refractivity contribution in [1.29, 1.82) is 0 Å². The number of halogens is 2. The SMILES string of the molecule is CCN(CC)C(=O)O[C@H]1C(C)(C)C[C@H]2O[C@]1(O)C(F)(F)[C@@H]1OC(C)(C)O[C@@H]12. The van der Waals surface area contributed by atoms with Gasteiger partial charge in [-0.25, -0.2) is 4.79 Å². The van der Waals surface area contributed by atoms with Crippen molar-refractivity contribution >= 4 is 6.09 Å². The van der Waals surface area contributed by atoms with Crippen LogP contribution in [0.25, 0.3) is 0 Å². The first-order valence-corrected chi connectivity index (χ1v) is 9.38. The zero-order valence-electron chi connectivity index (χ0n) is 16.6. The van der Waals surface area contributed by atoms with Gasteiger partial charge in [-0.1, -0.05) is 13.8 Å². The molecule has 27 heavy (non-hydrogen) atoms. The maximum absolute atomic E-state index is 15.4. The zero-order chi connectivity index (χ0) is 20.4. The Morgan fingerprint density at radius 2 is 1.74 bits per heavy atom. The first-order valence-electron chi connectivity index (χ1n) is 9.38. The van der Waals surface area contributed by atoms with E-state index in [-0.39, 0.29) is 6.42 Å². The maximum atomic E-state index is 15.4. The molecule has 7 nitrogen and oxygen atoms in total. The number of aliphatic hydroxyl groups is 1. The topological polar surface area (TPSA) is 77.5 Å². The third-order valence-corrected chi connectivity index (χ3v) is 5.69. The predicted molar refractivity (Wildman–Crippen MR) is 90.2 cm³/mol. The summed E-state index contributed by atoms with van der Waals surface area (Å²) in [5, 5.41) is 11.0. The molecule has 2 bridgehead atoms. The van der Waals surface area contributed by atoms with E-state index < -0.39 is 53.4 Å². The normalized spacial score (nSPS) is 40.9. The van der Waals surface area contributed by atoms with Gasteiger partial charge in [-0.3, -0.25) is 0 Å². The molecule has 1 amide bonds. The van der Waals surface area contributed by atoms with Gasteiger partial charge in [0, 0.05) is 18.5 Å². The summed E-state index contributed by atoms with van der Waals surface area (Å²) in [6.07, 6.45) is -5.59. The fourth-order valence-electron chi connectivity index (χ4n) is 4.37. The molecule has 156 valence electrons. The lowest BCUT2D eigenvalue weighted by molar-refractivity contribution is -0.442. The molecule has 0 unspecified atom stereocenters. The predicted octanol–water partition coefficient (Wildman–Crippen LogP) is 2.51. The van der Waals surface area contributed by atoms with Crippen LogP contribution in [0.1, 0.15) is 48.0 Å². The number of carbonyl (C=O) groups excluding carboxylic acids is 1. The third kappa shape index (κ3) is 3.03. The van der Waals surface area contributed by atoms with Gasteiger partial charge in [0.15, 0.2) is 18.0 Å². The second kappa shape index (κ2) is 6.23. The highest BCUT2D eigenvalue weighted by atomic mass is 19.3. The lowest BCUT2D eigenvalue weighted by Gasteiger charge is -2.57. The number of nitrogens with zero attached hydrogens (tertiary/aromatic N) is 1. The average Bonchev–Trinajstić information content (AvgIpc) is 2.87. The van der Waals surface area contributed by atoms with Crippen molar-refractivity contribution < 1.29 is 37.6 Å². The highest BCUT2D eigenvalue weighted by molar-refractivity contribution is 5.68. The molecule has 3 saturated heterocycles. The molecule has 0 aromatic carbocycles. The van der Waals surface area contributed by atoms with Crippen molar-refractivity contribution in [2.45, 2.75) is 89.9 Å². The maximum Gasteiger partial charge on any atom is 0.410 e. The minimum atomic E-state index is -3.84. The Kier molecular flexibility index (Phi) is 4.78. The molecule has 5 atom stereocenters. The van der Waals surface area contributed by atoms with E-state index in [4.69, 9.17) is 18.9 Å². The second-order valence-electron chi connectivity index (χ2n) is 8.63. The molecule has 0 saturated carbocycles. The lowest BCUT2D eigenvalue weighted by atomic mass is 9.68. The Bertz CT molecular complexity index is 609. The monoisotopic (exact) mass is 393 g/mol. The molecule has 0 aromatic rings. The van der Waals surface area contributed by atoms with Gasteiger partial charge in [-0.15, -0.1) is 0 Å². The highest BCUT2D eigenvalue weighted by Crippen LogP contribution is 2.58. The summed E-state index contributed by atoms with van der Waals surface area (Å²) in [4.78, 5) is 13.8. The second-order valence-corrected chi connectivity index (χ2v) is 8.63. The van der Waals surface area contributed by atoms with Crippen molar-refractivity contribution in [3.63, 3.8) is 0 Å². The molecule has 0 radical (unpaired) electrons. The van der Waals surface area contributed by atoms with E-state index in [1.165, 1.54) is 4.90 Å². The van der Waals surface area contributed by atoms with Gasteiger partial charge in [0.1, 0.15) is 6.10 Å². The van der Waals surface area contributed by atoms with Crippen LogP contribution in [0.5, 0.6) is 0 Å². The zero-order valence-corrected chi connectivity index (χ0v) is 16.6. The summed E-state index contributed by atoms with van der Waals surface area (Å²) in [6.45, 7) is 10.6. The quantitative estimate of drug-likeness (QED) is 0.794. The summed E-state index contributed by atoms with van der Waals surface area (Å²) in [6, 6.07) is 0. The van der Waals surface area contributed by atoms with Crippen LogP contribution >= 0.6 is 0 Å². The van der Waals surface area contributed by atoms with Crippen LogP contribution in [0.15, 0.2) is 0 Å². The number of amides is 1. The fourth-order valence-corrected chi connectivity index (χ4v) is 4.37. The van der Waals surface area contributed by atoms with E-state index in [1.807, 2.05) is 0 Å². The van der Waals surface area contributed by atoms with Gasteiger partial charge in [0.05, 0.1) is 6.10 Å². The van der Waals surface area contributed by atoms with Gasteiger partial charge < -0.3 is 29.0 Å². The number of alkyl halides is 2. The summed E-state index contributed by atoms with van der Waals surface area (Å²) in [7, 11) is 0. The number of hydrogen-bond donors (Lipinski definition) is 1. The van der Waals surface area contributed by atoms with Crippen LogP contribution in [0, 0.1) is 5.41 Å². The summed E-state index contributed by atoms with van der Waals surface area (Å²) >= 11 is 0. The standard InChI is InChI=1S/C18H29F2NO6/c1-7-21(8-2)14(22)24-13-15(3,4)9-10-11-12(27-16(5,6)26-11)17(19,20)18(13,23)25-10/h10-13,23H,7-9H2,1-6H3/t10-,11-,12-,13+,18+/m1/s1. The first-order chi connectivity index (χ1) is 12.3.